The Labute approximate surface area is 122 Å². The molecule has 0 aliphatic rings. The summed E-state index contributed by atoms with van der Waals surface area (Å²) in [5.41, 5.74) is 9.01. The van der Waals surface area contributed by atoms with Gasteiger partial charge in [0.15, 0.2) is 0 Å². The maximum absolute atomic E-state index is 5.66. The Morgan fingerprint density at radius 2 is 2.05 bits per heavy atom. The second-order valence-electron chi connectivity index (χ2n) is 4.60. The highest BCUT2D eigenvalue weighted by Gasteiger charge is 2.06. The van der Waals surface area contributed by atoms with Crippen LogP contribution in [0.3, 0.4) is 0 Å². The predicted molar refractivity (Wildman–Crippen MR) is 83.1 cm³/mol. The van der Waals surface area contributed by atoms with Crippen LogP contribution in [0, 0.1) is 6.92 Å². The molecule has 4 heteroatoms. The fourth-order valence-electron chi connectivity index (χ4n) is 2.00. The third-order valence-corrected chi connectivity index (χ3v) is 3.59. The first kappa shape index (κ1) is 14.0. The Bertz CT molecular complexity index is 569. The van der Waals surface area contributed by atoms with E-state index in [1.54, 1.807) is 0 Å². The van der Waals surface area contributed by atoms with E-state index >= 15 is 0 Å². The number of aryl methyl sites for hydroxylation is 1. The molecule has 2 aromatic rings. The minimum Gasteiger partial charge on any atom is -0.355 e. The Morgan fingerprint density at radius 3 is 2.68 bits per heavy atom. The van der Waals surface area contributed by atoms with E-state index in [1.165, 1.54) is 5.56 Å². The molecule has 0 radical (unpaired) electrons. The second kappa shape index (κ2) is 6.17. The van der Waals surface area contributed by atoms with Crippen molar-refractivity contribution in [3.05, 3.63) is 57.7 Å². The van der Waals surface area contributed by atoms with Gasteiger partial charge in [-0.2, -0.15) is 0 Å². The zero-order chi connectivity index (χ0) is 13.8. The zero-order valence-corrected chi connectivity index (χ0v) is 12.8. The molecule has 1 aromatic carbocycles. The van der Waals surface area contributed by atoms with Crippen LogP contribution in [0.5, 0.6) is 0 Å². The van der Waals surface area contributed by atoms with Gasteiger partial charge in [0.2, 0.25) is 0 Å². The van der Waals surface area contributed by atoms with Gasteiger partial charge in [-0.3, -0.25) is 0 Å². The van der Waals surface area contributed by atoms with Crippen molar-refractivity contribution >= 4 is 21.7 Å². The van der Waals surface area contributed by atoms with Crippen LogP contribution in [-0.2, 0) is 13.1 Å². The van der Waals surface area contributed by atoms with Gasteiger partial charge in [0.25, 0.3) is 0 Å². The number of pyridine rings is 1. The average Bonchev–Trinajstić information content (AvgIpc) is 2.38. The maximum atomic E-state index is 5.66. The fraction of sp³-hybridized carbons (Fsp3) is 0.267. The standard InChI is InChI=1S/C15H18BrN3/c1-11-13(9-17)6-7-15(18-11)19(2)10-12-4-3-5-14(16)8-12/h3-8H,9-10,17H2,1-2H3. The number of halogens is 1. The van der Waals surface area contributed by atoms with E-state index < -0.39 is 0 Å². The number of hydrogen-bond acceptors (Lipinski definition) is 3. The summed E-state index contributed by atoms with van der Waals surface area (Å²) in [5, 5.41) is 0. The van der Waals surface area contributed by atoms with E-state index in [4.69, 9.17) is 5.73 Å². The molecule has 19 heavy (non-hydrogen) atoms. The van der Waals surface area contributed by atoms with Crippen LogP contribution in [-0.4, -0.2) is 12.0 Å². The van der Waals surface area contributed by atoms with Gasteiger partial charge >= 0.3 is 0 Å². The Hall–Kier alpha value is -1.39. The number of nitrogens with zero attached hydrogens (tertiary/aromatic N) is 2. The van der Waals surface area contributed by atoms with Gasteiger partial charge in [0, 0.05) is 30.3 Å². The van der Waals surface area contributed by atoms with Crippen LogP contribution in [0.4, 0.5) is 5.82 Å². The largest absolute Gasteiger partial charge is 0.355 e. The highest BCUT2D eigenvalue weighted by atomic mass is 79.9. The van der Waals surface area contributed by atoms with Gasteiger partial charge in [0.1, 0.15) is 5.82 Å². The van der Waals surface area contributed by atoms with Gasteiger partial charge in [-0.05, 0) is 36.2 Å². The molecule has 0 saturated carbocycles. The number of rotatable bonds is 4. The van der Waals surface area contributed by atoms with E-state index in [1.807, 2.05) is 32.2 Å². The van der Waals surface area contributed by atoms with Gasteiger partial charge in [-0.15, -0.1) is 0 Å². The first-order valence-electron chi connectivity index (χ1n) is 6.22. The number of nitrogens with two attached hydrogens (primary N) is 1. The van der Waals surface area contributed by atoms with E-state index in [2.05, 4.69) is 44.0 Å². The van der Waals surface area contributed by atoms with E-state index in [9.17, 15) is 0 Å². The molecule has 0 atom stereocenters. The van der Waals surface area contributed by atoms with E-state index in [-0.39, 0.29) is 0 Å². The predicted octanol–water partition coefficient (Wildman–Crippen LogP) is 3.25. The van der Waals surface area contributed by atoms with Crippen molar-refractivity contribution in [3.8, 4) is 0 Å². The second-order valence-corrected chi connectivity index (χ2v) is 5.52. The van der Waals surface area contributed by atoms with Crippen LogP contribution in [0.1, 0.15) is 16.8 Å². The fourth-order valence-corrected chi connectivity index (χ4v) is 2.44. The molecule has 0 bridgehead atoms. The maximum Gasteiger partial charge on any atom is 0.128 e. The van der Waals surface area contributed by atoms with Crippen molar-refractivity contribution in [2.45, 2.75) is 20.0 Å². The Balaban J connectivity index is 2.15. The van der Waals surface area contributed by atoms with Gasteiger partial charge < -0.3 is 10.6 Å². The lowest BCUT2D eigenvalue weighted by Crippen LogP contribution is -2.18. The normalized spacial score (nSPS) is 10.5. The average molecular weight is 320 g/mol. The minimum absolute atomic E-state index is 0.536. The Morgan fingerprint density at radius 1 is 1.26 bits per heavy atom. The molecule has 0 unspecified atom stereocenters. The van der Waals surface area contributed by atoms with Crippen LogP contribution < -0.4 is 10.6 Å². The lowest BCUT2D eigenvalue weighted by molar-refractivity contribution is 0.883. The van der Waals surface area contributed by atoms with Crippen LogP contribution in [0.15, 0.2) is 40.9 Å². The molecule has 3 nitrogen and oxygen atoms in total. The molecule has 0 fully saturated rings. The number of benzene rings is 1. The molecule has 2 rings (SSSR count). The Kier molecular flexibility index (Phi) is 4.56. The lowest BCUT2D eigenvalue weighted by atomic mass is 10.2. The van der Waals surface area contributed by atoms with Crippen LogP contribution in [0.25, 0.3) is 0 Å². The quantitative estimate of drug-likeness (QED) is 0.940. The molecule has 0 aliphatic carbocycles. The summed E-state index contributed by atoms with van der Waals surface area (Å²) in [6, 6.07) is 12.4. The molecule has 1 aromatic heterocycles. The smallest absolute Gasteiger partial charge is 0.128 e. The first-order valence-corrected chi connectivity index (χ1v) is 7.01. The van der Waals surface area contributed by atoms with Crippen molar-refractivity contribution in [2.75, 3.05) is 11.9 Å². The summed E-state index contributed by atoms with van der Waals surface area (Å²) in [6.07, 6.45) is 0. The van der Waals surface area contributed by atoms with E-state index in [0.717, 1.165) is 28.1 Å². The minimum atomic E-state index is 0.536. The topological polar surface area (TPSA) is 42.2 Å². The summed E-state index contributed by atoms with van der Waals surface area (Å²) in [7, 11) is 2.05. The first-order chi connectivity index (χ1) is 9.10. The summed E-state index contributed by atoms with van der Waals surface area (Å²) in [4.78, 5) is 6.73. The van der Waals surface area contributed by atoms with Crippen molar-refractivity contribution < 1.29 is 0 Å². The van der Waals surface area contributed by atoms with Gasteiger partial charge in [0.05, 0.1) is 0 Å². The molecule has 0 aliphatic heterocycles. The van der Waals surface area contributed by atoms with Crippen LogP contribution in [0.2, 0.25) is 0 Å². The summed E-state index contributed by atoms with van der Waals surface area (Å²) in [5.74, 6) is 0.967. The number of aromatic nitrogens is 1. The molecular weight excluding hydrogens is 302 g/mol. The molecule has 100 valence electrons. The summed E-state index contributed by atoms with van der Waals surface area (Å²) >= 11 is 3.49. The SMILES string of the molecule is Cc1nc(N(C)Cc2cccc(Br)c2)ccc1CN. The molecule has 0 amide bonds. The monoisotopic (exact) mass is 319 g/mol. The number of anilines is 1. The summed E-state index contributed by atoms with van der Waals surface area (Å²) in [6.45, 7) is 3.36. The van der Waals surface area contributed by atoms with Crippen molar-refractivity contribution in [3.63, 3.8) is 0 Å². The van der Waals surface area contributed by atoms with Crippen molar-refractivity contribution in [2.24, 2.45) is 5.73 Å². The number of hydrogen-bond donors (Lipinski definition) is 1. The van der Waals surface area contributed by atoms with Gasteiger partial charge in [-0.1, -0.05) is 34.1 Å². The highest BCUT2D eigenvalue weighted by Crippen LogP contribution is 2.18. The van der Waals surface area contributed by atoms with Crippen molar-refractivity contribution in [1.82, 2.24) is 4.98 Å². The lowest BCUT2D eigenvalue weighted by Gasteiger charge is -2.19. The third kappa shape index (κ3) is 3.55. The zero-order valence-electron chi connectivity index (χ0n) is 11.2. The molecule has 0 saturated heterocycles. The van der Waals surface area contributed by atoms with Crippen LogP contribution >= 0.6 is 15.9 Å². The molecule has 0 spiro atoms. The third-order valence-electron chi connectivity index (χ3n) is 3.10. The van der Waals surface area contributed by atoms with Crippen molar-refractivity contribution in [1.29, 1.82) is 0 Å². The van der Waals surface area contributed by atoms with E-state index in [0.29, 0.717) is 6.54 Å². The highest BCUT2D eigenvalue weighted by molar-refractivity contribution is 9.10. The summed E-state index contributed by atoms with van der Waals surface area (Å²) < 4.78 is 1.10. The molecule has 2 N–H and O–H groups in total. The molecular formula is C15H18BrN3. The molecule has 1 heterocycles. The van der Waals surface area contributed by atoms with Gasteiger partial charge in [-0.25, -0.2) is 4.98 Å².